The highest BCUT2D eigenvalue weighted by Crippen LogP contribution is 2.37. The lowest BCUT2D eigenvalue weighted by atomic mass is 9.71. The third-order valence-corrected chi connectivity index (χ3v) is 4.85. The van der Waals surface area contributed by atoms with Gasteiger partial charge in [-0.15, -0.1) is 11.3 Å². The number of nitrogens with one attached hydrogen (secondary N) is 1. The van der Waals surface area contributed by atoms with Crippen molar-refractivity contribution in [2.45, 2.75) is 19.3 Å². The summed E-state index contributed by atoms with van der Waals surface area (Å²) in [5, 5.41) is 5.47. The average molecular weight is 274 g/mol. The zero-order chi connectivity index (χ0) is 9.97. The fourth-order valence-electron chi connectivity index (χ4n) is 2.16. The molecule has 1 saturated carbocycles. The highest BCUT2D eigenvalue weighted by molar-refractivity contribution is 9.10. The lowest BCUT2D eigenvalue weighted by Gasteiger charge is -2.36. The van der Waals surface area contributed by atoms with Crippen molar-refractivity contribution in [1.82, 2.24) is 5.32 Å². The molecule has 0 aromatic carbocycles. The van der Waals surface area contributed by atoms with E-state index in [1.807, 2.05) is 11.3 Å². The molecule has 1 aliphatic carbocycles. The number of hydrogen-bond donors (Lipinski definition) is 1. The van der Waals surface area contributed by atoms with Gasteiger partial charge >= 0.3 is 0 Å². The second-order valence-electron chi connectivity index (χ2n) is 4.09. The molecule has 3 heteroatoms. The van der Waals surface area contributed by atoms with Gasteiger partial charge < -0.3 is 5.32 Å². The molecule has 0 amide bonds. The Morgan fingerprint density at radius 1 is 1.50 bits per heavy atom. The fraction of sp³-hybridized carbons (Fsp3) is 0.636. The first kappa shape index (κ1) is 10.7. The van der Waals surface area contributed by atoms with Crippen molar-refractivity contribution in [2.75, 3.05) is 13.6 Å². The summed E-state index contributed by atoms with van der Waals surface area (Å²) in [4.78, 5) is 1.53. The van der Waals surface area contributed by atoms with Crippen molar-refractivity contribution in [2.24, 2.45) is 11.8 Å². The van der Waals surface area contributed by atoms with Gasteiger partial charge in [0, 0.05) is 14.7 Å². The van der Waals surface area contributed by atoms with E-state index in [2.05, 4.69) is 39.7 Å². The Kier molecular flexibility index (Phi) is 3.63. The molecule has 1 aliphatic rings. The molecule has 2 unspecified atom stereocenters. The van der Waals surface area contributed by atoms with E-state index < -0.39 is 0 Å². The molecule has 14 heavy (non-hydrogen) atoms. The van der Waals surface area contributed by atoms with E-state index in [9.17, 15) is 0 Å². The molecule has 1 fully saturated rings. The minimum atomic E-state index is 0.917. The molecule has 2 rings (SSSR count). The van der Waals surface area contributed by atoms with Crippen molar-refractivity contribution in [3.05, 3.63) is 20.8 Å². The highest BCUT2D eigenvalue weighted by Gasteiger charge is 2.30. The second-order valence-corrected chi connectivity index (χ2v) is 6.00. The SMILES string of the molecule is CNCC1CCC1Cc1cc(Br)cs1. The van der Waals surface area contributed by atoms with E-state index in [4.69, 9.17) is 0 Å². The Morgan fingerprint density at radius 2 is 2.29 bits per heavy atom. The van der Waals surface area contributed by atoms with Crippen molar-refractivity contribution in [1.29, 1.82) is 0 Å². The topological polar surface area (TPSA) is 12.0 Å². The molecule has 1 heterocycles. The van der Waals surface area contributed by atoms with Crippen molar-refractivity contribution >= 4 is 27.3 Å². The first-order chi connectivity index (χ1) is 6.79. The van der Waals surface area contributed by atoms with Crippen LogP contribution in [0.4, 0.5) is 0 Å². The molecule has 78 valence electrons. The van der Waals surface area contributed by atoms with Gasteiger partial charge in [-0.25, -0.2) is 0 Å². The van der Waals surface area contributed by atoms with Crippen molar-refractivity contribution in [3.8, 4) is 0 Å². The Hall–Kier alpha value is 0.140. The molecule has 0 saturated heterocycles. The van der Waals surface area contributed by atoms with Gasteiger partial charge in [0.1, 0.15) is 0 Å². The quantitative estimate of drug-likeness (QED) is 0.888. The van der Waals surface area contributed by atoms with Crippen molar-refractivity contribution < 1.29 is 0 Å². The van der Waals surface area contributed by atoms with E-state index in [0.29, 0.717) is 0 Å². The fourth-order valence-corrected chi connectivity index (χ4v) is 3.70. The van der Waals surface area contributed by atoms with Gasteiger partial charge in [-0.2, -0.15) is 0 Å². The van der Waals surface area contributed by atoms with E-state index in [1.54, 1.807) is 0 Å². The number of hydrogen-bond acceptors (Lipinski definition) is 2. The van der Waals surface area contributed by atoms with Crippen LogP contribution in [0.3, 0.4) is 0 Å². The molecule has 1 aromatic rings. The van der Waals surface area contributed by atoms with Crippen LogP contribution in [0.2, 0.25) is 0 Å². The van der Waals surface area contributed by atoms with Crippen LogP contribution < -0.4 is 5.32 Å². The molecular weight excluding hydrogens is 258 g/mol. The molecule has 2 atom stereocenters. The predicted octanol–water partition coefficient (Wildman–Crippen LogP) is 3.30. The summed E-state index contributed by atoms with van der Waals surface area (Å²) < 4.78 is 1.24. The van der Waals surface area contributed by atoms with E-state index in [1.165, 1.54) is 35.2 Å². The van der Waals surface area contributed by atoms with Gasteiger partial charge in [-0.05, 0) is 66.7 Å². The molecular formula is C11H16BrNS. The Balaban J connectivity index is 1.86. The molecule has 1 nitrogen and oxygen atoms in total. The molecule has 1 N–H and O–H groups in total. The van der Waals surface area contributed by atoms with Crippen LogP contribution in [0.1, 0.15) is 17.7 Å². The van der Waals surface area contributed by atoms with Gasteiger partial charge in [-0.3, -0.25) is 0 Å². The zero-order valence-electron chi connectivity index (χ0n) is 8.42. The Labute approximate surface area is 98.0 Å². The standard InChI is InChI=1S/C11H16BrNS/c1-13-6-9-3-2-8(9)4-11-5-10(12)7-14-11/h5,7-9,13H,2-4,6H2,1H3. The number of thiophene rings is 1. The lowest BCUT2D eigenvalue weighted by molar-refractivity contribution is 0.175. The monoisotopic (exact) mass is 273 g/mol. The molecule has 0 aliphatic heterocycles. The number of rotatable bonds is 4. The third-order valence-electron chi connectivity index (χ3n) is 3.13. The van der Waals surface area contributed by atoms with Gasteiger partial charge in [0.15, 0.2) is 0 Å². The summed E-state index contributed by atoms with van der Waals surface area (Å²) in [5.41, 5.74) is 0. The normalized spacial score (nSPS) is 26.1. The van der Waals surface area contributed by atoms with Crippen LogP contribution >= 0.6 is 27.3 Å². The lowest BCUT2D eigenvalue weighted by Crippen LogP contribution is -2.34. The van der Waals surface area contributed by atoms with Gasteiger partial charge in [0.05, 0.1) is 0 Å². The molecule has 0 radical (unpaired) electrons. The van der Waals surface area contributed by atoms with Crippen molar-refractivity contribution in [3.63, 3.8) is 0 Å². The zero-order valence-corrected chi connectivity index (χ0v) is 10.8. The summed E-state index contributed by atoms with van der Waals surface area (Å²) in [5.74, 6) is 1.84. The number of halogens is 1. The van der Waals surface area contributed by atoms with E-state index >= 15 is 0 Å². The summed E-state index contributed by atoms with van der Waals surface area (Å²) in [6, 6.07) is 2.26. The van der Waals surface area contributed by atoms with Crippen LogP contribution in [0.5, 0.6) is 0 Å². The maximum Gasteiger partial charge on any atom is 0.0285 e. The predicted molar refractivity (Wildman–Crippen MR) is 65.9 cm³/mol. The van der Waals surface area contributed by atoms with Crippen LogP contribution in [-0.4, -0.2) is 13.6 Å². The van der Waals surface area contributed by atoms with Crippen LogP contribution in [-0.2, 0) is 6.42 Å². The first-order valence-electron chi connectivity index (χ1n) is 5.17. The smallest absolute Gasteiger partial charge is 0.0285 e. The summed E-state index contributed by atoms with van der Waals surface area (Å²) in [6.07, 6.45) is 4.11. The van der Waals surface area contributed by atoms with Crippen LogP contribution in [0.25, 0.3) is 0 Å². The van der Waals surface area contributed by atoms with Crippen LogP contribution in [0, 0.1) is 11.8 Å². The largest absolute Gasteiger partial charge is 0.319 e. The van der Waals surface area contributed by atoms with Gasteiger partial charge in [-0.1, -0.05) is 0 Å². The maximum atomic E-state index is 3.51. The molecule has 0 spiro atoms. The third kappa shape index (κ3) is 2.38. The van der Waals surface area contributed by atoms with Gasteiger partial charge in [0.25, 0.3) is 0 Å². The molecule has 0 bridgehead atoms. The minimum Gasteiger partial charge on any atom is -0.319 e. The second kappa shape index (κ2) is 4.77. The summed E-state index contributed by atoms with van der Waals surface area (Å²) >= 11 is 5.39. The Bertz CT molecular complexity index is 297. The van der Waals surface area contributed by atoms with Crippen LogP contribution in [0.15, 0.2) is 15.9 Å². The minimum absolute atomic E-state index is 0.917. The molecule has 1 aromatic heterocycles. The highest BCUT2D eigenvalue weighted by atomic mass is 79.9. The van der Waals surface area contributed by atoms with E-state index in [-0.39, 0.29) is 0 Å². The van der Waals surface area contributed by atoms with Gasteiger partial charge in [0.2, 0.25) is 0 Å². The average Bonchev–Trinajstić information content (AvgIpc) is 2.55. The van der Waals surface area contributed by atoms with E-state index in [0.717, 1.165) is 11.8 Å². The summed E-state index contributed by atoms with van der Waals surface area (Å²) in [6.45, 7) is 1.19. The maximum absolute atomic E-state index is 3.51. The summed E-state index contributed by atoms with van der Waals surface area (Å²) in [7, 11) is 2.05. The Morgan fingerprint density at radius 3 is 2.79 bits per heavy atom. The first-order valence-corrected chi connectivity index (χ1v) is 6.84.